The van der Waals surface area contributed by atoms with E-state index in [1.54, 1.807) is 0 Å². The third-order valence-corrected chi connectivity index (χ3v) is 8.67. The van der Waals surface area contributed by atoms with E-state index in [0.29, 0.717) is 0 Å². The quantitative estimate of drug-likeness (QED) is 0.215. The van der Waals surface area contributed by atoms with Crippen molar-refractivity contribution in [3.8, 4) is 0 Å². The Balaban J connectivity index is 2.08. The molecule has 3 aromatic heterocycles. The number of nitrogens with one attached hydrogen (secondary N) is 1. The summed E-state index contributed by atoms with van der Waals surface area (Å²) in [4.78, 5) is 14.5. The summed E-state index contributed by atoms with van der Waals surface area (Å²) in [5.74, 6) is 0. The summed E-state index contributed by atoms with van der Waals surface area (Å²) in [7, 11) is 2.26. The van der Waals surface area contributed by atoms with Crippen molar-refractivity contribution in [1.29, 1.82) is 0 Å². The minimum Gasteiger partial charge on any atom is -0.355 e. The standard InChI is InChI=1S/C36H46N4/c1-9-13-25-29-17-18-31(37-29)26(14-10-2)33-21-22(5)34(39-33)28(16-12-4)36-24(7)23(6)35(40(36)8)27(15-11-3)32-20-19-30(25)38-32/h17-21,39H,9-16H2,1-8H3. The first kappa shape index (κ1) is 28.1. The monoisotopic (exact) mass is 534 g/mol. The van der Waals surface area contributed by atoms with E-state index in [0.717, 1.165) is 74.1 Å². The maximum atomic E-state index is 5.31. The number of aromatic amines is 1. The molecule has 0 atom stereocenters. The molecule has 2 aliphatic heterocycles. The maximum Gasteiger partial charge on any atom is 0.0691 e. The normalized spacial score (nSPS) is 12.6. The van der Waals surface area contributed by atoms with Gasteiger partial charge >= 0.3 is 0 Å². The molecule has 210 valence electrons. The lowest BCUT2D eigenvalue weighted by atomic mass is 10.0. The second-order valence-corrected chi connectivity index (χ2v) is 11.6. The van der Waals surface area contributed by atoms with Gasteiger partial charge in [0.1, 0.15) is 0 Å². The van der Waals surface area contributed by atoms with Crippen LogP contribution < -0.4 is 0 Å². The Hall–Kier alpha value is -3.40. The van der Waals surface area contributed by atoms with Crippen LogP contribution in [0.5, 0.6) is 0 Å². The fourth-order valence-electron chi connectivity index (χ4n) is 6.78. The van der Waals surface area contributed by atoms with Gasteiger partial charge in [0.25, 0.3) is 0 Å². The Morgan fingerprint density at radius 3 is 1.57 bits per heavy atom. The highest BCUT2D eigenvalue weighted by Crippen LogP contribution is 2.34. The van der Waals surface area contributed by atoms with Crippen LogP contribution in [0, 0.1) is 20.8 Å². The van der Waals surface area contributed by atoms with Crippen LogP contribution in [0.1, 0.15) is 115 Å². The van der Waals surface area contributed by atoms with E-state index in [9.17, 15) is 0 Å². The molecule has 0 radical (unpaired) electrons. The molecule has 3 aromatic rings. The van der Waals surface area contributed by atoms with E-state index in [2.05, 4.69) is 95.4 Å². The van der Waals surface area contributed by atoms with Crippen molar-refractivity contribution in [3.05, 3.63) is 67.8 Å². The second-order valence-electron chi connectivity index (χ2n) is 11.6. The van der Waals surface area contributed by atoms with E-state index < -0.39 is 0 Å². The zero-order valence-electron chi connectivity index (χ0n) is 25.9. The Morgan fingerprint density at radius 1 is 0.600 bits per heavy atom. The number of fused-ring (bicyclic) bond motifs is 8. The van der Waals surface area contributed by atoms with Crippen LogP contribution in [-0.4, -0.2) is 19.5 Å². The Bertz CT molecular complexity index is 1670. The van der Waals surface area contributed by atoms with Crippen molar-refractivity contribution >= 4 is 46.4 Å². The van der Waals surface area contributed by atoms with Gasteiger partial charge in [-0.25, -0.2) is 9.97 Å². The molecule has 0 aromatic carbocycles. The molecule has 5 heterocycles. The third kappa shape index (κ3) is 4.76. The average Bonchev–Trinajstić information content (AvgIpc) is 3.72. The first-order valence-electron chi connectivity index (χ1n) is 15.4. The molecule has 0 fully saturated rings. The van der Waals surface area contributed by atoms with Crippen molar-refractivity contribution in [3.63, 3.8) is 0 Å². The lowest BCUT2D eigenvalue weighted by Crippen LogP contribution is -1.99. The number of aromatic nitrogens is 4. The van der Waals surface area contributed by atoms with E-state index in [1.807, 2.05) is 0 Å². The smallest absolute Gasteiger partial charge is 0.0691 e. The van der Waals surface area contributed by atoms with Gasteiger partial charge in [0.2, 0.25) is 0 Å². The summed E-state index contributed by atoms with van der Waals surface area (Å²) < 4.78 is 2.47. The number of hydrogen-bond acceptors (Lipinski definition) is 2. The van der Waals surface area contributed by atoms with Gasteiger partial charge < -0.3 is 9.55 Å². The van der Waals surface area contributed by atoms with Crippen LogP contribution in [0.2, 0.25) is 0 Å². The summed E-state index contributed by atoms with van der Waals surface area (Å²) in [6, 6.07) is 2.35. The molecule has 0 spiro atoms. The number of rotatable bonds is 8. The van der Waals surface area contributed by atoms with Crippen molar-refractivity contribution in [1.82, 2.24) is 19.5 Å². The van der Waals surface area contributed by atoms with Crippen molar-refractivity contribution < 1.29 is 0 Å². The van der Waals surface area contributed by atoms with Crippen LogP contribution >= 0.6 is 0 Å². The van der Waals surface area contributed by atoms with E-state index in [-0.39, 0.29) is 0 Å². The fraction of sp³-hybridized carbons (Fsp3) is 0.444. The minimum atomic E-state index is 0.965. The molecule has 1 N–H and O–H groups in total. The average molecular weight is 535 g/mol. The molecule has 4 nitrogen and oxygen atoms in total. The zero-order chi connectivity index (χ0) is 28.6. The molecule has 0 saturated carbocycles. The molecular weight excluding hydrogens is 488 g/mol. The number of aryl methyl sites for hydroxylation is 7. The molecule has 0 amide bonds. The summed E-state index contributed by atoms with van der Waals surface area (Å²) >= 11 is 0. The van der Waals surface area contributed by atoms with Gasteiger partial charge in [-0.1, -0.05) is 53.4 Å². The minimum absolute atomic E-state index is 0.965. The Morgan fingerprint density at radius 2 is 1.02 bits per heavy atom. The first-order chi connectivity index (χ1) is 19.3. The molecule has 0 aliphatic carbocycles. The lowest BCUT2D eigenvalue weighted by Gasteiger charge is -2.09. The highest BCUT2D eigenvalue weighted by atomic mass is 15.0. The SMILES string of the molecule is CCCc1c2nc(c(CCC)c3cc(C)c([nH]3)c(CCC)c3c(C)c(C)c(c(CCC)c4nc1C=C4)n3C)C=C2. The molecule has 2 aliphatic rings. The summed E-state index contributed by atoms with van der Waals surface area (Å²) in [5.41, 5.74) is 18.8. The molecule has 8 bridgehead atoms. The second kappa shape index (κ2) is 11.6. The van der Waals surface area contributed by atoms with Crippen LogP contribution in [0.3, 0.4) is 0 Å². The zero-order valence-corrected chi connectivity index (χ0v) is 25.9. The largest absolute Gasteiger partial charge is 0.355 e. The highest BCUT2D eigenvalue weighted by molar-refractivity contribution is 5.87. The molecular formula is C36H46N4. The number of nitrogens with zero attached hydrogens (tertiary/aromatic N) is 3. The van der Waals surface area contributed by atoms with Crippen LogP contribution in [0.4, 0.5) is 0 Å². The van der Waals surface area contributed by atoms with Crippen LogP contribution in [0.15, 0.2) is 6.07 Å². The number of H-pyrrole nitrogens is 1. The molecule has 4 heteroatoms. The van der Waals surface area contributed by atoms with Crippen LogP contribution in [0.25, 0.3) is 46.4 Å². The number of hydrogen-bond donors (Lipinski definition) is 1. The van der Waals surface area contributed by atoms with Crippen molar-refractivity contribution in [2.75, 3.05) is 0 Å². The van der Waals surface area contributed by atoms with Gasteiger partial charge in [-0.3, -0.25) is 0 Å². The Labute approximate surface area is 240 Å². The maximum absolute atomic E-state index is 5.31. The van der Waals surface area contributed by atoms with Gasteiger partial charge in [-0.2, -0.15) is 0 Å². The summed E-state index contributed by atoms with van der Waals surface area (Å²) in [6.07, 6.45) is 17.2. The fourth-order valence-corrected chi connectivity index (χ4v) is 6.78. The highest BCUT2D eigenvalue weighted by Gasteiger charge is 2.20. The van der Waals surface area contributed by atoms with Gasteiger partial charge in [0.05, 0.1) is 22.8 Å². The van der Waals surface area contributed by atoms with Crippen molar-refractivity contribution in [2.24, 2.45) is 7.05 Å². The van der Waals surface area contributed by atoms with Gasteiger partial charge in [-0.15, -0.1) is 0 Å². The van der Waals surface area contributed by atoms with Crippen LogP contribution in [-0.2, 0) is 32.7 Å². The predicted octanol–water partition coefficient (Wildman–Crippen LogP) is 9.40. The van der Waals surface area contributed by atoms with E-state index in [1.165, 1.54) is 61.0 Å². The van der Waals surface area contributed by atoms with E-state index >= 15 is 0 Å². The van der Waals surface area contributed by atoms with E-state index in [4.69, 9.17) is 9.97 Å². The van der Waals surface area contributed by atoms with Gasteiger partial charge in [0.15, 0.2) is 0 Å². The topological polar surface area (TPSA) is 46.5 Å². The molecule has 5 rings (SSSR count). The molecule has 0 unspecified atom stereocenters. The molecule has 40 heavy (non-hydrogen) atoms. The lowest BCUT2D eigenvalue weighted by molar-refractivity contribution is 0.888. The summed E-state index contributed by atoms with van der Waals surface area (Å²) in [5, 5.41) is 0. The Kier molecular flexibility index (Phi) is 8.16. The predicted molar refractivity (Wildman–Crippen MR) is 174 cm³/mol. The first-order valence-corrected chi connectivity index (χ1v) is 15.4. The van der Waals surface area contributed by atoms with Crippen molar-refractivity contribution in [2.45, 2.75) is 99.8 Å². The summed E-state index contributed by atoms with van der Waals surface area (Å²) in [6.45, 7) is 15.9. The molecule has 0 saturated heterocycles. The van der Waals surface area contributed by atoms with Gasteiger partial charge in [0, 0.05) is 45.8 Å². The van der Waals surface area contributed by atoms with Gasteiger partial charge in [-0.05, 0) is 99.1 Å². The third-order valence-electron chi connectivity index (χ3n) is 8.67.